The molecule has 0 aliphatic rings. The number of carbonyl (C=O) groups excluding carboxylic acids is 1. The van der Waals surface area contributed by atoms with Crippen molar-refractivity contribution in [1.29, 1.82) is 5.26 Å². The lowest BCUT2D eigenvalue weighted by Crippen LogP contribution is -2.17. The number of nitrogens with one attached hydrogen (secondary N) is 2. The number of aromatic nitrogens is 1. The number of halogens is 2. The lowest BCUT2D eigenvalue weighted by Gasteiger charge is -2.07. The van der Waals surface area contributed by atoms with E-state index in [9.17, 15) is 4.79 Å². The maximum atomic E-state index is 12.1. The predicted molar refractivity (Wildman–Crippen MR) is 89.9 cm³/mol. The van der Waals surface area contributed by atoms with E-state index >= 15 is 0 Å². The van der Waals surface area contributed by atoms with Crippen molar-refractivity contribution in [2.24, 2.45) is 0 Å². The smallest absolute Gasteiger partial charge is 0.267 e. The van der Waals surface area contributed by atoms with Gasteiger partial charge in [0.2, 0.25) is 0 Å². The maximum Gasteiger partial charge on any atom is 0.267 e. The maximum absolute atomic E-state index is 12.1. The Bertz CT molecular complexity index is 769. The van der Waals surface area contributed by atoms with E-state index in [0.29, 0.717) is 17.3 Å². The Hall–Kier alpha value is -2.55. The molecule has 5 nitrogen and oxygen atoms in total. The third kappa shape index (κ3) is 4.71. The largest absolute Gasteiger partial charge is 0.384 e. The van der Waals surface area contributed by atoms with Crippen molar-refractivity contribution in [2.75, 3.05) is 5.32 Å². The summed E-state index contributed by atoms with van der Waals surface area (Å²) in [6.07, 6.45) is 3.00. The highest BCUT2D eigenvalue weighted by atomic mass is 35.5. The van der Waals surface area contributed by atoms with Crippen LogP contribution in [0.2, 0.25) is 10.0 Å². The highest BCUT2D eigenvalue weighted by Gasteiger charge is 2.12. The van der Waals surface area contributed by atoms with E-state index in [1.165, 1.54) is 6.20 Å². The van der Waals surface area contributed by atoms with Crippen molar-refractivity contribution in [1.82, 2.24) is 10.3 Å². The van der Waals surface area contributed by atoms with Gasteiger partial charge in [-0.15, -0.1) is 0 Å². The Morgan fingerprint density at radius 1 is 1.26 bits per heavy atom. The van der Waals surface area contributed by atoms with Gasteiger partial charge in [0.25, 0.3) is 5.91 Å². The van der Waals surface area contributed by atoms with E-state index in [0.717, 1.165) is 5.69 Å². The summed E-state index contributed by atoms with van der Waals surface area (Å²) in [5.41, 5.74) is 1.05. The number of nitrogens with zero attached hydrogens (tertiary/aromatic N) is 2. The summed E-state index contributed by atoms with van der Waals surface area (Å²) in [6.45, 7) is 0.400. The molecule has 23 heavy (non-hydrogen) atoms. The Kier molecular flexibility index (Phi) is 5.98. The van der Waals surface area contributed by atoms with Crippen LogP contribution in [0.25, 0.3) is 0 Å². The molecule has 0 radical (unpaired) electrons. The van der Waals surface area contributed by atoms with Crippen LogP contribution in [0.3, 0.4) is 0 Å². The first-order valence-electron chi connectivity index (χ1n) is 6.60. The number of pyridine rings is 1. The predicted octanol–water partition coefficient (Wildman–Crippen LogP) is 3.52. The zero-order valence-electron chi connectivity index (χ0n) is 11.9. The number of hydrogen-bond donors (Lipinski definition) is 2. The number of anilines is 1. The highest BCUT2D eigenvalue weighted by molar-refractivity contribution is 6.44. The normalized spacial score (nSPS) is 10.7. The highest BCUT2D eigenvalue weighted by Crippen LogP contribution is 2.29. The summed E-state index contributed by atoms with van der Waals surface area (Å²) in [5.74, 6) is -0.579. The molecular formula is C16H12Cl2N4O. The summed E-state index contributed by atoms with van der Waals surface area (Å²) in [4.78, 5) is 16.2. The second kappa shape index (κ2) is 8.18. The minimum absolute atomic E-state index is 0.0861. The molecular weight excluding hydrogens is 335 g/mol. The van der Waals surface area contributed by atoms with Crippen LogP contribution < -0.4 is 10.6 Å². The molecule has 0 aliphatic heterocycles. The third-order valence-corrected chi connectivity index (χ3v) is 3.64. The number of rotatable bonds is 5. The second-order valence-electron chi connectivity index (χ2n) is 4.43. The topological polar surface area (TPSA) is 77.8 Å². The lowest BCUT2D eigenvalue weighted by molar-refractivity contribution is -0.112. The molecule has 1 amide bonds. The molecule has 1 aromatic heterocycles. The van der Waals surface area contributed by atoms with Crippen molar-refractivity contribution in [2.45, 2.75) is 6.54 Å². The minimum Gasteiger partial charge on any atom is -0.384 e. The average Bonchev–Trinajstić information content (AvgIpc) is 2.56. The molecule has 0 aliphatic carbocycles. The number of hydrogen-bond acceptors (Lipinski definition) is 4. The van der Waals surface area contributed by atoms with Crippen LogP contribution in [0.4, 0.5) is 5.69 Å². The summed E-state index contributed by atoms with van der Waals surface area (Å²) in [6, 6.07) is 12.2. The Morgan fingerprint density at radius 3 is 2.78 bits per heavy atom. The number of amides is 1. The number of carbonyl (C=O) groups is 1. The number of benzene rings is 1. The fourth-order valence-electron chi connectivity index (χ4n) is 1.70. The fraction of sp³-hybridized carbons (Fsp3) is 0.0625. The van der Waals surface area contributed by atoms with Gasteiger partial charge in [0, 0.05) is 12.4 Å². The molecule has 0 saturated carbocycles. The summed E-state index contributed by atoms with van der Waals surface area (Å²) >= 11 is 11.9. The molecule has 2 N–H and O–H groups in total. The van der Waals surface area contributed by atoms with Crippen molar-refractivity contribution in [3.05, 3.63) is 70.1 Å². The number of nitriles is 1. The SMILES string of the molecule is N#C/C(=C/NCc1ccccn1)C(=O)Nc1cccc(Cl)c1Cl. The van der Waals surface area contributed by atoms with Crippen LogP contribution in [0, 0.1) is 11.3 Å². The fourth-order valence-corrected chi connectivity index (χ4v) is 2.05. The van der Waals surface area contributed by atoms with E-state index in [-0.39, 0.29) is 10.6 Å². The summed E-state index contributed by atoms with van der Waals surface area (Å²) in [7, 11) is 0. The molecule has 1 heterocycles. The molecule has 0 fully saturated rings. The first kappa shape index (κ1) is 16.8. The van der Waals surface area contributed by atoms with Gasteiger partial charge in [-0.2, -0.15) is 5.26 Å². The van der Waals surface area contributed by atoms with Crippen LogP contribution in [0.15, 0.2) is 54.4 Å². The van der Waals surface area contributed by atoms with Crippen molar-refractivity contribution < 1.29 is 4.79 Å². The van der Waals surface area contributed by atoms with E-state index in [1.807, 2.05) is 24.3 Å². The standard InChI is InChI=1S/C16H12Cl2N4O/c17-13-5-3-6-14(15(13)18)22-16(23)11(8-19)9-20-10-12-4-1-2-7-21-12/h1-7,9,20H,10H2,(H,22,23)/b11-9-. The van der Waals surface area contributed by atoms with Crippen LogP contribution in [0.5, 0.6) is 0 Å². The molecule has 0 atom stereocenters. The quantitative estimate of drug-likeness (QED) is 0.641. The minimum atomic E-state index is -0.579. The van der Waals surface area contributed by atoms with Crippen LogP contribution in [-0.4, -0.2) is 10.9 Å². The molecule has 7 heteroatoms. The van der Waals surface area contributed by atoms with Gasteiger partial charge < -0.3 is 10.6 Å². The van der Waals surface area contributed by atoms with Gasteiger partial charge in [0.1, 0.15) is 11.6 Å². The van der Waals surface area contributed by atoms with Gasteiger partial charge in [0.05, 0.1) is 28.0 Å². The van der Waals surface area contributed by atoms with Crippen LogP contribution in [-0.2, 0) is 11.3 Å². The molecule has 2 aromatic rings. The summed E-state index contributed by atoms with van der Waals surface area (Å²) < 4.78 is 0. The van der Waals surface area contributed by atoms with E-state index in [4.69, 9.17) is 28.5 Å². The molecule has 0 unspecified atom stereocenters. The molecule has 0 spiro atoms. The van der Waals surface area contributed by atoms with Gasteiger partial charge in [0.15, 0.2) is 0 Å². The molecule has 116 valence electrons. The first-order chi connectivity index (χ1) is 11.1. The van der Waals surface area contributed by atoms with E-state index in [1.54, 1.807) is 24.4 Å². The third-order valence-electron chi connectivity index (χ3n) is 2.82. The zero-order chi connectivity index (χ0) is 16.7. The van der Waals surface area contributed by atoms with Gasteiger partial charge >= 0.3 is 0 Å². The van der Waals surface area contributed by atoms with Crippen molar-refractivity contribution in [3.8, 4) is 6.07 Å². The van der Waals surface area contributed by atoms with E-state index < -0.39 is 5.91 Å². The Morgan fingerprint density at radius 2 is 2.09 bits per heavy atom. The summed E-state index contributed by atoms with van der Waals surface area (Å²) in [5, 5.41) is 15.1. The van der Waals surface area contributed by atoms with Gasteiger partial charge in [-0.25, -0.2) is 0 Å². The Labute approximate surface area is 143 Å². The first-order valence-corrected chi connectivity index (χ1v) is 7.36. The van der Waals surface area contributed by atoms with Gasteiger partial charge in [-0.3, -0.25) is 9.78 Å². The molecule has 0 saturated heterocycles. The monoisotopic (exact) mass is 346 g/mol. The van der Waals surface area contributed by atoms with Crippen LogP contribution >= 0.6 is 23.2 Å². The molecule has 2 rings (SSSR count). The average molecular weight is 347 g/mol. The van der Waals surface area contributed by atoms with E-state index in [2.05, 4.69) is 15.6 Å². The zero-order valence-corrected chi connectivity index (χ0v) is 13.4. The second-order valence-corrected chi connectivity index (χ2v) is 5.21. The van der Waals surface area contributed by atoms with Crippen molar-refractivity contribution >= 4 is 34.8 Å². The molecule has 1 aromatic carbocycles. The van der Waals surface area contributed by atoms with Gasteiger partial charge in [-0.1, -0.05) is 35.3 Å². The molecule has 0 bridgehead atoms. The van der Waals surface area contributed by atoms with Crippen molar-refractivity contribution in [3.63, 3.8) is 0 Å². The van der Waals surface area contributed by atoms with Crippen LogP contribution in [0.1, 0.15) is 5.69 Å². The Balaban J connectivity index is 2.02. The van der Waals surface area contributed by atoms with Gasteiger partial charge in [-0.05, 0) is 24.3 Å². The lowest BCUT2D eigenvalue weighted by atomic mass is 10.2.